The highest BCUT2D eigenvalue weighted by molar-refractivity contribution is 14.0. The van der Waals surface area contributed by atoms with Crippen molar-refractivity contribution in [2.24, 2.45) is 4.99 Å². The van der Waals surface area contributed by atoms with Crippen molar-refractivity contribution in [2.75, 3.05) is 60.0 Å². The van der Waals surface area contributed by atoms with Crippen LogP contribution in [-0.4, -0.2) is 81.3 Å². The van der Waals surface area contributed by atoms with Gasteiger partial charge in [-0.05, 0) is 39.8 Å². The second kappa shape index (κ2) is 13.4. The van der Waals surface area contributed by atoms with Crippen LogP contribution in [0.4, 0.5) is 0 Å². The molecule has 1 fully saturated rings. The van der Waals surface area contributed by atoms with E-state index in [1.807, 2.05) is 0 Å². The molecule has 0 saturated carbocycles. The molecule has 1 unspecified atom stereocenters. The van der Waals surface area contributed by atoms with Gasteiger partial charge >= 0.3 is 0 Å². The van der Waals surface area contributed by atoms with E-state index in [-0.39, 0.29) is 29.6 Å². The molecule has 6 nitrogen and oxygen atoms in total. The molecular weight excluding hydrogens is 477 g/mol. The van der Waals surface area contributed by atoms with Gasteiger partial charge in [-0.2, -0.15) is 0 Å². The summed E-state index contributed by atoms with van der Waals surface area (Å²) in [4.78, 5) is 9.71. The SMILES string of the molecule is CCNC(=NCC(C)(C)OC)NCCCN1CCN(C)CC1c1ccccc1.I. The van der Waals surface area contributed by atoms with Crippen molar-refractivity contribution < 1.29 is 4.74 Å². The second-order valence-electron chi connectivity index (χ2n) is 8.16. The average Bonchev–Trinajstić information content (AvgIpc) is 2.70. The van der Waals surface area contributed by atoms with Gasteiger partial charge in [0.25, 0.3) is 0 Å². The van der Waals surface area contributed by atoms with E-state index in [0.29, 0.717) is 12.6 Å². The lowest BCUT2D eigenvalue weighted by atomic mass is 10.0. The van der Waals surface area contributed by atoms with Crippen LogP contribution in [0, 0.1) is 0 Å². The van der Waals surface area contributed by atoms with Crippen molar-refractivity contribution >= 4 is 29.9 Å². The predicted octanol–water partition coefficient (Wildman–Crippen LogP) is 2.96. The minimum atomic E-state index is -0.245. The fraction of sp³-hybridized carbons (Fsp3) is 0.682. The zero-order valence-corrected chi connectivity index (χ0v) is 21.1. The molecule has 1 aromatic rings. The maximum absolute atomic E-state index is 5.46. The standard InChI is InChI=1S/C22H39N5O.HI/c1-6-23-21(25-18-22(2,3)28-5)24-13-10-14-27-16-15-26(4)17-20(27)19-11-8-7-9-12-19;/h7-9,11-12,20H,6,10,13-18H2,1-5H3,(H2,23,24,25);1H. The van der Waals surface area contributed by atoms with E-state index in [9.17, 15) is 0 Å². The van der Waals surface area contributed by atoms with Gasteiger partial charge in [0.2, 0.25) is 0 Å². The monoisotopic (exact) mass is 517 g/mol. The molecule has 2 N–H and O–H groups in total. The highest BCUT2D eigenvalue weighted by atomic mass is 127. The van der Waals surface area contributed by atoms with Gasteiger partial charge in [-0.15, -0.1) is 24.0 Å². The maximum Gasteiger partial charge on any atom is 0.191 e. The molecule has 0 bridgehead atoms. The minimum absolute atomic E-state index is 0. The normalized spacial score (nSPS) is 18.9. The molecule has 166 valence electrons. The first kappa shape index (κ1) is 26.1. The molecule has 2 rings (SSSR count). The number of nitrogens with one attached hydrogen (secondary N) is 2. The summed E-state index contributed by atoms with van der Waals surface area (Å²) in [5.74, 6) is 0.866. The van der Waals surface area contributed by atoms with E-state index in [2.05, 4.69) is 83.6 Å². The summed E-state index contributed by atoms with van der Waals surface area (Å²) in [5, 5.41) is 6.79. The van der Waals surface area contributed by atoms with E-state index < -0.39 is 0 Å². The Morgan fingerprint density at radius 2 is 1.93 bits per heavy atom. The molecule has 1 aromatic carbocycles. The number of halogens is 1. The zero-order valence-electron chi connectivity index (χ0n) is 18.8. The zero-order chi connectivity index (χ0) is 20.4. The largest absolute Gasteiger partial charge is 0.377 e. The number of hydrogen-bond donors (Lipinski definition) is 2. The van der Waals surface area contributed by atoms with Gasteiger partial charge in [-0.25, -0.2) is 0 Å². The number of piperazine rings is 1. The Hall–Kier alpha value is -0.900. The van der Waals surface area contributed by atoms with Crippen molar-refractivity contribution in [1.29, 1.82) is 0 Å². The fourth-order valence-corrected chi connectivity index (χ4v) is 3.38. The van der Waals surface area contributed by atoms with Crippen molar-refractivity contribution in [3.05, 3.63) is 35.9 Å². The lowest BCUT2D eigenvalue weighted by Gasteiger charge is -2.40. The molecule has 1 aliphatic rings. The molecule has 1 heterocycles. The van der Waals surface area contributed by atoms with E-state index in [1.54, 1.807) is 7.11 Å². The first-order valence-corrected chi connectivity index (χ1v) is 10.5. The predicted molar refractivity (Wildman–Crippen MR) is 133 cm³/mol. The van der Waals surface area contributed by atoms with Crippen LogP contribution in [0.2, 0.25) is 0 Å². The third kappa shape index (κ3) is 9.19. The van der Waals surface area contributed by atoms with Crippen LogP contribution in [0.1, 0.15) is 38.8 Å². The number of nitrogens with zero attached hydrogens (tertiary/aromatic N) is 3. The number of methoxy groups -OCH3 is 1. The van der Waals surface area contributed by atoms with Gasteiger partial charge in [0.05, 0.1) is 12.1 Å². The maximum atomic E-state index is 5.46. The third-order valence-corrected chi connectivity index (χ3v) is 5.31. The molecule has 0 aliphatic carbocycles. The van der Waals surface area contributed by atoms with E-state index in [0.717, 1.165) is 51.6 Å². The summed E-state index contributed by atoms with van der Waals surface area (Å²) < 4.78 is 5.46. The number of rotatable bonds is 9. The summed E-state index contributed by atoms with van der Waals surface area (Å²) in [6.45, 7) is 13.0. The molecular formula is C22H40IN5O. The molecule has 0 amide bonds. The fourth-order valence-electron chi connectivity index (χ4n) is 3.38. The van der Waals surface area contributed by atoms with Gasteiger partial charge in [-0.1, -0.05) is 30.3 Å². The van der Waals surface area contributed by atoms with E-state index in [4.69, 9.17) is 4.74 Å². The Bertz CT molecular complexity index is 596. The van der Waals surface area contributed by atoms with Crippen LogP contribution in [0.15, 0.2) is 35.3 Å². The van der Waals surface area contributed by atoms with E-state index >= 15 is 0 Å². The van der Waals surface area contributed by atoms with Gasteiger partial charge in [-0.3, -0.25) is 9.89 Å². The summed E-state index contributed by atoms with van der Waals surface area (Å²) in [6, 6.07) is 11.4. The number of benzene rings is 1. The number of aliphatic imine (C=N–C) groups is 1. The average molecular weight is 518 g/mol. The number of ether oxygens (including phenoxy) is 1. The lowest BCUT2D eigenvalue weighted by Crippen LogP contribution is -2.47. The van der Waals surface area contributed by atoms with Gasteiger partial charge in [0.15, 0.2) is 5.96 Å². The number of hydrogen-bond acceptors (Lipinski definition) is 4. The highest BCUT2D eigenvalue weighted by Gasteiger charge is 2.25. The van der Waals surface area contributed by atoms with Crippen LogP contribution < -0.4 is 10.6 Å². The smallest absolute Gasteiger partial charge is 0.191 e. The quantitative estimate of drug-likeness (QED) is 0.228. The molecule has 29 heavy (non-hydrogen) atoms. The Kier molecular flexibility index (Phi) is 12.1. The Balaban J connectivity index is 0.00000420. The topological polar surface area (TPSA) is 52.1 Å². The van der Waals surface area contributed by atoms with Crippen LogP contribution in [-0.2, 0) is 4.74 Å². The highest BCUT2D eigenvalue weighted by Crippen LogP contribution is 2.24. The van der Waals surface area contributed by atoms with Crippen LogP contribution in [0.25, 0.3) is 0 Å². The Labute approximate surface area is 194 Å². The molecule has 7 heteroatoms. The van der Waals surface area contributed by atoms with Crippen LogP contribution in [0.3, 0.4) is 0 Å². The first-order chi connectivity index (χ1) is 13.4. The molecule has 1 atom stereocenters. The van der Waals surface area contributed by atoms with Gasteiger partial charge in [0.1, 0.15) is 0 Å². The first-order valence-electron chi connectivity index (χ1n) is 10.5. The summed E-state index contributed by atoms with van der Waals surface area (Å²) in [5.41, 5.74) is 1.17. The molecule has 0 spiro atoms. The lowest BCUT2D eigenvalue weighted by molar-refractivity contribution is 0.0310. The number of guanidine groups is 1. The summed E-state index contributed by atoms with van der Waals surface area (Å²) >= 11 is 0. The molecule has 1 aliphatic heterocycles. The van der Waals surface area contributed by atoms with Crippen LogP contribution in [0.5, 0.6) is 0 Å². The summed E-state index contributed by atoms with van der Waals surface area (Å²) in [6.07, 6.45) is 1.09. The molecule has 0 aromatic heterocycles. The van der Waals surface area contributed by atoms with Crippen molar-refractivity contribution in [3.63, 3.8) is 0 Å². The third-order valence-electron chi connectivity index (χ3n) is 5.31. The summed E-state index contributed by atoms with van der Waals surface area (Å²) in [7, 11) is 3.95. The minimum Gasteiger partial charge on any atom is -0.377 e. The van der Waals surface area contributed by atoms with Gasteiger partial charge in [0, 0.05) is 52.4 Å². The molecule has 1 saturated heterocycles. The Morgan fingerprint density at radius 1 is 1.21 bits per heavy atom. The van der Waals surface area contributed by atoms with Crippen molar-refractivity contribution in [3.8, 4) is 0 Å². The van der Waals surface area contributed by atoms with Crippen LogP contribution >= 0.6 is 24.0 Å². The van der Waals surface area contributed by atoms with Crippen molar-refractivity contribution in [2.45, 2.75) is 38.8 Å². The Morgan fingerprint density at radius 3 is 2.59 bits per heavy atom. The second-order valence-corrected chi connectivity index (χ2v) is 8.16. The molecule has 0 radical (unpaired) electrons. The van der Waals surface area contributed by atoms with E-state index in [1.165, 1.54) is 5.56 Å². The van der Waals surface area contributed by atoms with Crippen molar-refractivity contribution in [1.82, 2.24) is 20.4 Å². The van der Waals surface area contributed by atoms with Gasteiger partial charge < -0.3 is 20.3 Å². The number of likely N-dealkylation sites (N-methyl/N-ethyl adjacent to an activating group) is 1.